The van der Waals surface area contributed by atoms with E-state index in [1.807, 2.05) is 22.8 Å². The van der Waals surface area contributed by atoms with Gasteiger partial charge in [-0.25, -0.2) is 4.99 Å². The van der Waals surface area contributed by atoms with E-state index >= 15 is 0 Å². The van der Waals surface area contributed by atoms with E-state index in [0.29, 0.717) is 15.0 Å². The number of hydrogen-bond acceptors (Lipinski definition) is 5. The fraction of sp³-hybridized carbons (Fsp3) is 0.130. The van der Waals surface area contributed by atoms with Crippen LogP contribution in [0.15, 0.2) is 78.4 Å². The lowest BCUT2D eigenvalue weighted by molar-refractivity contribution is 0.531. The van der Waals surface area contributed by atoms with Gasteiger partial charge in [0.25, 0.3) is 5.56 Å². The summed E-state index contributed by atoms with van der Waals surface area (Å²) < 4.78 is 8.74. The van der Waals surface area contributed by atoms with Gasteiger partial charge in [0.2, 0.25) is 0 Å². The summed E-state index contributed by atoms with van der Waals surface area (Å²) in [6.45, 7) is 0. The number of aryl methyl sites for hydroxylation is 1. The zero-order valence-electron chi connectivity index (χ0n) is 15.7. The number of nitrogens with zero attached hydrogens (tertiary/aromatic N) is 2. The topological polar surface area (TPSA) is 47.5 Å². The molecule has 1 aromatic carbocycles. The van der Waals surface area contributed by atoms with Crippen molar-refractivity contribution in [1.29, 1.82) is 0 Å². The third kappa shape index (κ3) is 2.84. The zero-order valence-corrected chi connectivity index (χ0v) is 18.9. The number of thiophene rings is 1. The van der Waals surface area contributed by atoms with Crippen LogP contribution < -0.4 is 14.9 Å². The molecule has 2 aliphatic rings. The van der Waals surface area contributed by atoms with Gasteiger partial charge < -0.3 is 4.42 Å². The third-order valence-electron chi connectivity index (χ3n) is 5.55. The molecule has 148 valence electrons. The van der Waals surface area contributed by atoms with Crippen molar-refractivity contribution in [3.05, 3.63) is 106 Å². The molecule has 1 atom stereocenters. The minimum absolute atomic E-state index is 0.0184. The molecule has 0 unspecified atom stereocenters. The highest BCUT2D eigenvalue weighted by Crippen LogP contribution is 2.42. The van der Waals surface area contributed by atoms with E-state index in [4.69, 9.17) is 9.41 Å². The van der Waals surface area contributed by atoms with Gasteiger partial charge in [-0.2, -0.15) is 0 Å². The molecule has 0 saturated heterocycles. The molecular formula is C23H15BrN2O2S2. The monoisotopic (exact) mass is 494 g/mol. The Morgan fingerprint density at radius 3 is 2.83 bits per heavy atom. The molecule has 1 aliphatic carbocycles. The van der Waals surface area contributed by atoms with E-state index in [2.05, 4.69) is 51.6 Å². The molecule has 0 radical (unpaired) electrons. The van der Waals surface area contributed by atoms with Gasteiger partial charge in [-0.15, -0.1) is 11.3 Å². The molecule has 6 rings (SSSR count). The number of halogens is 1. The number of aromatic nitrogens is 1. The van der Waals surface area contributed by atoms with Crippen LogP contribution in [-0.2, 0) is 6.42 Å². The summed E-state index contributed by atoms with van der Waals surface area (Å²) in [4.78, 5) is 20.4. The van der Waals surface area contributed by atoms with E-state index in [9.17, 15) is 4.79 Å². The summed E-state index contributed by atoms with van der Waals surface area (Å²) in [5, 5.41) is 2.07. The predicted molar refractivity (Wildman–Crippen MR) is 123 cm³/mol. The quantitative estimate of drug-likeness (QED) is 0.404. The van der Waals surface area contributed by atoms with E-state index in [0.717, 1.165) is 23.3 Å². The summed E-state index contributed by atoms with van der Waals surface area (Å²) in [5.74, 6) is 0.647. The molecule has 0 N–H and O–H groups in total. The maximum atomic E-state index is 13.5. The Morgan fingerprint density at radius 1 is 1.13 bits per heavy atom. The van der Waals surface area contributed by atoms with Crippen molar-refractivity contribution >= 4 is 50.4 Å². The van der Waals surface area contributed by atoms with Crippen LogP contribution in [0.2, 0.25) is 0 Å². The summed E-state index contributed by atoms with van der Waals surface area (Å²) >= 11 is 6.43. The first-order valence-electron chi connectivity index (χ1n) is 9.61. The number of thiazole rings is 1. The van der Waals surface area contributed by atoms with Crippen molar-refractivity contribution in [3.8, 4) is 0 Å². The summed E-state index contributed by atoms with van der Waals surface area (Å²) in [6, 6.07) is 16.2. The average molecular weight is 495 g/mol. The molecule has 4 aromatic rings. The highest BCUT2D eigenvalue weighted by atomic mass is 79.9. The van der Waals surface area contributed by atoms with Crippen molar-refractivity contribution in [2.24, 2.45) is 4.99 Å². The second-order valence-corrected chi connectivity index (χ2v) is 10.0. The van der Waals surface area contributed by atoms with Gasteiger partial charge in [-0.05, 0) is 63.5 Å². The van der Waals surface area contributed by atoms with Crippen LogP contribution in [0.1, 0.15) is 34.2 Å². The van der Waals surface area contributed by atoms with Gasteiger partial charge in [0.1, 0.15) is 5.76 Å². The van der Waals surface area contributed by atoms with Crippen LogP contribution in [0, 0.1) is 0 Å². The van der Waals surface area contributed by atoms with Crippen LogP contribution in [0.25, 0.3) is 11.8 Å². The van der Waals surface area contributed by atoms with Crippen LogP contribution in [-0.4, -0.2) is 4.57 Å². The fourth-order valence-corrected chi connectivity index (χ4v) is 6.40. The van der Waals surface area contributed by atoms with Crippen molar-refractivity contribution in [1.82, 2.24) is 4.57 Å². The smallest absolute Gasteiger partial charge is 0.271 e. The number of furan rings is 1. The predicted octanol–water partition coefficient (Wildman–Crippen LogP) is 4.74. The number of rotatable bonds is 2. The van der Waals surface area contributed by atoms with Crippen molar-refractivity contribution in [2.45, 2.75) is 18.9 Å². The van der Waals surface area contributed by atoms with Gasteiger partial charge in [0, 0.05) is 16.5 Å². The highest BCUT2D eigenvalue weighted by Gasteiger charge is 2.32. The lowest BCUT2D eigenvalue weighted by Gasteiger charge is -2.30. The second kappa shape index (κ2) is 7.04. The average Bonchev–Trinajstić information content (AvgIpc) is 3.49. The number of benzene rings is 1. The molecule has 0 amide bonds. The first kappa shape index (κ1) is 18.3. The summed E-state index contributed by atoms with van der Waals surface area (Å²) in [5.41, 5.74) is 4.76. The van der Waals surface area contributed by atoms with E-state index in [1.54, 1.807) is 17.4 Å². The summed E-state index contributed by atoms with van der Waals surface area (Å²) in [6.07, 6.45) is 3.68. The fourth-order valence-electron chi connectivity index (χ4n) is 4.25. The molecule has 0 spiro atoms. The van der Waals surface area contributed by atoms with E-state index in [-0.39, 0.29) is 11.6 Å². The maximum absolute atomic E-state index is 13.5. The van der Waals surface area contributed by atoms with Gasteiger partial charge in [0.15, 0.2) is 9.47 Å². The second-order valence-electron chi connectivity index (χ2n) is 7.27. The van der Waals surface area contributed by atoms with Crippen LogP contribution >= 0.6 is 38.6 Å². The molecule has 4 heterocycles. The number of hydrogen-bond donors (Lipinski definition) is 0. The number of allylic oxidation sites excluding steroid dienone is 1. The molecule has 30 heavy (non-hydrogen) atoms. The molecule has 1 aliphatic heterocycles. The SMILES string of the molecule is O=c1/c(=C/c2ccc(Br)o2)sc2n1[C@H](c1cccs1)C1=C(N=2)c2ccccc2CC1. The minimum atomic E-state index is -0.102. The molecule has 3 aromatic heterocycles. The lowest BCUT2D eigenvalue weighted by atomic mass is 9.85. The van der Waals surface area contributed by atoms with Crippen LogP contribution in [0.5, 0.6) is 0 Å². The highest BCUT2D eigenvalue weighted by molar-refractivity contribution is 9.10. The van der Waals surface area contributed by atoms with E-state index < -0.39 is 0 Å². The normalized spacial score (nSPS) is 18.0. The molecule has 0 fully saturated rings. The minimum Gasteiger partial charge on any atom is -0.450 e. The van der Waals surface area contributed by atoms with Crippen LogP contribution in [0.4, 0.5) is 0 Å². The van der Waals surface area contributed by atoms with Gasteiger partial charge in [-0.1, -0.05) is 41.7 Å². The molecule has 4 nitrogen and oxygen atoms in total. The van der Waals surface area contributed by atoms with Crippen molar-refractivity contribution < 1.29 is 4.42 Å². The Labute approximate surface area is 188 Å². The Hall–Kier alpha value is -2.48. The molecule has 0 saturated carbocycles. The van der Waals surface area contributed by atoms with Crippen LogP contribution in [0.3, 0.4) is 0 Å². The maximum Gasteiger partial charge on any atom is 0.271 e. The third-order valence-corrected chi connectivity index (χ3v) is 7.89. The van der Waals surface area contributed by atoms with Crippen molar-refractivity contribution in [2.75, 3.05) is 0 Å². The summed E-state index contributed by atoms with van der Waals surface area (Å²) in [7, 11) is 0. The molecule has 0 bridgehead atoms. The zero-order chi connectivity index (χ0) is 20.2. The molecule has 7 heteroatoms. The first-order chi connectivity index (χ1) is 14.7. The van der Waals surface area contributed by atoms with Gasteiger partial charge in [-0.3, -0.25) is 9.36 Å². The van der Waals surface area contributed by atoms with E-state index in [1.165, 1.54) is 32.9 Å². The van der Waals surface area contributed by atoms with Gasteiger partial charge >= 0.3 is 0 Å². The Morgan fingerprint density at radius 2 is 2.03 bits per heavy atom. The standard InChI is InChI=1S/C23H15BrN2O2S2/c24-19-10-8-14(28-19)12-18-22(27)26-21(17-6-3-11-29-17)16-9-7-13-4-1-2-5-15(13)20(16)25-23(26)30-18/h1-6,8,10-12,21H,7,9H2/b18-12-/t21-/m0/s1. The van der Waals surface area contributed by atoms with Gasteiger partial charge in [0.05, 0.1) is 16.3 Å². The Kier molecular flexibility index (Phi) is 4.30. The number of fused-ring (bicyclic) bond motifs is 3. The largest absolute Gasteiger partial charge is 0.450 e. The van der Waals surface area contributed by atoms with Crippen molar-refractivity contribution in [3.63, 3.8) is 0 Å². The Balaban J connectivity index is 1.64. The Bertz CT molecular complexity index is 1490. The lowest BCUT2D eigenvalue weighted by Crippen LogP contribution is -2.38. The molecular weight excluding hydrogens is 480 g/mol. The first-order valence-corrected chi connectivity index (χ1v) is 12.1.